The molecule has 160 valence electrons. The van der Waals surface area contributed by atoms with Crippen LogP contribution in [0.15, 0.2) is 30.3 Å². The number of carbonyl (C=O) groups is 4. The summed E-state index contributed by atoms with van der Waals surface area (Å²) in [5.74, 6) is -1.03. The molecule has 0 saturated carbocycles. The first-order valence-electron chi connectivity index (χ1n) is 9.95. The number of nitrogens with one attached hydrogen (secondary N) is 2. The number of amides is 4. The van der Waals surface area contributed by atoms with E-state index in [1.54, 1.807) is 30.3 Å². The summed E-state index contributed by atoms with van der Waals surface area (Å²) in [5, 5.41) is 4.95. The van der Waals surface area contributed by atoms with E-state index in [0.29, 0.717) is 29.8 Å². The van der Waals surface area contributed by atoms with Gasteiger partial charge in [-0.3, -0.25) is 30.0 Å². The van der Waals surface area contributed by atoms with E-state index in [4.69, 9.17) is 4.74 Å². The zero-order chi connectivity index (χ0) is 22.1. The van der Waals surface area contributed by atoms with E-state index in [2.05, 4.69) is 15.6 Å². The molecule has 1 atom stereocenters. The molecule has 0 radical (unpaired) electrons. The summed E-state index contributed by atoms with van der Waals surface area (Å²) in [5.41, 5.74) is 4.10. The fraction of sp³-hybridized carbons (Fsp3) is 0.318. The normalized spacial score (nSPS) is 17.9. The number of ether oxygens (including phenoxy) is 1. The van der Waals surface area contributed by atoms with Crippen LogP contribution in [0.4, 0.5) is 10.5 Å². The second-order valence-electron chi connectivity index (χ2n) is 7.73. The van der Waals surface area contributed by atoms with Gasteiger partial charge in [-0.15, -0.1) is 0 Å². The Labute approximate surface area is 178 Å². The number of rotatable bonds is 4. The summed E-state index contributed by atoms with van der Waals surface area (Å²) < 4.78 is 5.28. The van der Waals surface area contributed by atoms with Crippen molar-refractivity contribution in [1.82, 2.24) is 15.2 Å². The molecule has 0 aliphatic carbocycles. The van der Waals surface area contributed by atoms with Gasteiger partial charge in [0.2, 0.25) is 11.8 Å². The molecule has 0 bridgehead atoms. The van der Waals surface area contributed by atoms with Crippen molar-refractivity contribution in [3.8, 4) is 0 Å². The van der Waals surface area contributed by atoms with Gasteiger partial charge in [0.15, 0.2) is 0 Å². The van der Waals surface area contributed by atoms with Crippen molar-refractivity contribution in [3.63, 3.8) is 0 Å². The number of aryl methyl sites for hydroxylation is 2. The quantitative estimate of drug-likeness (QED) is 0.730. The minimum absolute atomic E-state index is 0.00609. The van der Waals surface area contributed by atoms with Crippen molar-refractivity contribution in [2.24, 2.45) is 0 Å². The molecular weight excluding hydrogens is 400 g/mol. The SMILES string of the molecule is Cc1cc(NC(=O)OCc2ccc3c(c2)C(=O)N(C2CCC(=O)NC2=O)C3)cc(C)n1. The van der Waals surface area contributed by atoms with Gasteiger partial charge in [-0.1, -0.05) is 12.1 Å². The maximum absolute atomic E-state index is 12.9. The third-order valence-corrected chi connectivity index (χ3v) is 5.29. The number of imide groups is 1. The number of aromatic nitrogens is 1. The molecule has 3 heterocycles. The lowest BCUT2D eigenvalue weighted by Gasteiger charge is -2.29. The number of pyridine rings is 1. The highest BCUT2D eigenvalue weighted by Gasteiger charge is 2.39. The Bertz CT molecular complexity index is 1080. The van der Waals surface area contributed by atoms with E-state index in [-0.39, 0.29) is 24.8 Å². The number of piperidine rings is 1. The first-order chi connectivity index (χ1) is 14.8. The molecule has 9 heteroatoms. The highest BCUT2D eigenvalue weighted by atomic mass is 16.5. The molecule has 1 saturated heterocycles. The van der Waals surface area contributed by atoms with Gasteiger partial charge < -0.3 is 9.64 Å². The molecule has 2 aliphatic rings. The molecule has 2 aliphatic heterocycles. The average Bonchev–Trinajstić information content (AvgIpc) is 3.01. The van der Waals surface area contributed by atoms with Gasteiger partial charge in [-0.2, -0.15) is 0 Å². The Balaban J connectivity index is 1.39. The van der Waals surface area contributed by atoms with E-state index >= 15 is 0 Å². The summed E-state index contributed by atoms with van der Waals surface area (Å²) >= 11 is 0. The van der Waals surface area contributed by atoms with Gasteiger partial charge in [0, 0.05) is 35.6 Å². The number of nitrogens with zero attached hydrogens (tertiary/aromatic N) is 2. The van der Waals surface area contributed by atoms with Crippen molar-refractivity contribution >= 4 is 29.5 Å². The summed E-state index contributed by atoms with van der Waals surface area (Å²) in [6.45, 7) is 3.98. The molecule has 4 amide bonds. The molecule has 9 nitrogen and oxygen atoms in total. The largest absolute Gasteiger partial charge is 0.444 e. The summed E-state index contributed by atoms with van der Waals surface area (Å²) in [7, 11) is 0. The van der Waals surface area contributed by atoms with Crippen molar-refractivity contribution in [3.05, 3.63) is 58.4 Å². The Hall–Kier alpha value is -3.75. The van der Waals surface area contributed by atoms with Crippen LogP contribution in [-0.4, -0.2) is 39.7 Å². The summed E-state index contributed by atoms with van der Waals surface area (Å²) in [6, 6.07) is 8.09. The van der Waals surface area contributed by atoms with E-state index in [9.17, 15) is 19.2 Å². The monoisotopic (exact) mass is 422 g/mol. The van der Waals surface area contributed by atoms with Gasteiger partial charge in [-0.25, -0.2) is 4.79 Å². The van der Waals surface area contributed by atoms with Gasteiger partial charge in [0.1, 0.15) is 12.6 Å². The third-order valence-electron chi connectivity index (χ3n) is 5.29. The van der Waals surface area contributed by atoms with Gasteiger partial charge in [0.25, 0.3) is 5.91 Å². The Morgan fingerprint density at radius 1 is 1.19 bits per heavy atom. The number of anilines is 1. The topological polar surface area (TPSA) is 118 Å². The van der Waals surface area contributed by atoms with Crippen LogP contribution >= 0.6 is 0 Å². The van der Waals surface area contributed by atoms with E-state index in [1.807, 2.05) is 13.8 Å². The Morgan fingerprint density at radius 3 is 2.65 bits per heavy atom. The van der Waals surface area contributed by atoms with Gasteiger partial charge >= 0.3 is 6.09 Å². The molecule has 2 aromatic rings. The van der Waals surface area contributed by atoms with Crippen LogP contribution in [0.3, 0.4) is 0 Å². The molecule has 31 heavy (non-hydrogen) atoms. The maximum atomic E-state index is 12.9. The molecule has 1 aromatic carbocycles. The zero-order valence-corrected chi connectivity index (χ0v) is 17.2. The minimum Gasteiger partial charge on any atom is -0.444 e. The van der Waals surface area contributed by atoms with Crippen LogP contribution in [0.1, 0.15) is 45.7 Å². The second-order valence-corrected chi connectivity index (χ2v) is 7.73. The molecule has 4 rings (SSSR count). The number of carbonyl (C=O) groups excluding carboxylic acids is 4. The zero-order valence-electron chi connectivity index (χ0n) is 17.2. The molecule has 1 aromatic heterocycles. The van der Waals surface area contributed by atoms with E-state index in [1.165, 1.54) is 4.90 Å². The first-order valence-corrected chi connectivity index (χ1v) is 9.95. The predicted molar refractivity (Wildman–Crippen MR) is 110 cm³/mol. The minimum atomic E-state index is -0.657. The molecule has 1 unspecified atom stereocenters. The highest BCUT2D eigenvalue weighted by molar-refractivity contribution is 6.05. The number of hydrogen-bond acceptors (Lipinski definition) is 6. The standard InChI is InChI=1S/C22H22N4O5/c1-12-7-16(8-13(2)23-12)24-22(30)31-11-14-3-4-15-10-26(21(29)17(15)9-14)18-5-6-19(27)25-20(18)28/h3-4,7-9,18H,5-6,10-11H2,1-2H3,(H,23,24,30)(H,25,27,28). The summed E-state index contributed by atoms with van der Waals surface area (Å²) in [4.78, 5) is 54.2. The fourth-order valence-corrected chi connectivity index (χ4v) is 3.90. The lowest BCUT2D eigenvalue weighted by molar-refractivity contribution is -0.136. The Morgan fingerprint density at radius 2 is 1.94 bits per heavy atom. The lowest BCUT2D eigenvalue weighted by Crippen LogP contribution is -2.52. The molecular formula is C22H22N4O5. The lowest BCUT2D eigenvalue weighted by atomic mass is 10.0. The van der Waals surface area contributed by atoms with Crippen molar-refractivity contribution in [2.75, 3.05) is 5.32 Å². The van der Waals surface area contributed by atoms with Crippen LogP contribution < -0.4 is 10.6 Å². The Kier molecular flexibility index (Phi) is 5.41. The van der Waals surface area contributed by atoms with Crippen LogP contribution in [-0.2, 0) is 27.5 Å². The van der Waals surface area contributed by atoms with Crippen LogP contribution in [0.25, 0.3) is 0 Å². The predicted octanol–water partition coefficient (Wildman–Crippen LogP) is 2.21. The van der Waals surface area contributed by atoms with E-state index < -0.39 is 18.0 Å². The second kappa shape index (κ2) is 8.17. The van der Waals surface area contributed by atoms with Crippen molar-refractivity contribution < 1.29 is 23.9 Å². The van der Waals surface area contributed by atoms with Crippen molar-refractivity contribution in [2.45, 2.75) is 45.9 Å². The molecule has 1 fully saturated rings. The smallest absolute Gasteiger partial charge is 0.411 e. The summed E-state index contributed by atoms with van der Waals surface area (Å²) in [6.07, 6.45) is -0.0857. The average molecular weight is 422 g/mol. The van der Waals surface area contributed by atoms with Gasteiger partial charge in [0.05, 0.1) is 0 Å². The fourth-order valence-electron chi connectivity index (χ4n) is 3.90. The maximum Gasteiger partial charge on any atom is 0.411 e. The van der Waals surface area contributed by atoms with Crippen LogP contribution in [0.5, 0.6) is 0 Å². The van der Waals surface area contributed by atoms with E-state index in [0.717, 1.165) is 17.0 Å². The number of hydrogen-bond donors (Lipinski definition) is 2. The van der Waals surface area contributed by atoms with Crippen LogP contribution in [0.2, 0.25) is 0 Å². The third kappa shape index (κ3) is 4.40. The number of fused-ring (bicyclic) bond motifs is 1. The molecule has 0 spiro atoms. The molecule has 2 N–H and O–H groups in total. The highest BCUT2D eigenvalue weighted by Crippen LogP contribution is 2.28. The first kappa shape index (κ1) is 20.5. The van der Waals surface area contributed by atoms with Crippen molar-refractivity contribution in [1.29, 1.82) is 0 Å². The number of benzene rings is 1. The van der Waals surface area contributed by atoms with Crippen LogP contribution in [0, 0.1) is 13.8 Å². The van der Waals surface area contributed by atoms with Gasteiger partial charge in [-0.05, 0) is 49.6 Å².